The number of nitrogens with zero attached hydrogens (tertiary/aromatic N) is 6. The summed E-state index contributed by atoms with van der Waals surface area (Å²) in [5.41, 5.74) is 2.36. The molecule has 4 aromatic rings. The molecule has 0 atom stereocenters. The van der Waals surface area contributed by atoms with E-state index in [0.29, 0.717) is 23.6 Å². The smallest absolute Gasteiger partial charge is 0.337 e. The lowest BCUT2D eigenvalue weighted by Gasteiger charge is -2.35. The molecule has 0 saturated carbocycles. The zero-order valence-corrected chi connectivity index (χ0v) is 21.2. The molecule has 0 amide bonds. The van der Waals surface area contributed by atoms with Crippen LogP contribution < -0.4 is 9.64 Å². The fourth-order valence-corrected chi connectivity index (χ4v) is 4.68. The Balaban J connectivity index is 1.19. The molecule has 37 heavy (non-hydrogen) atoms. The maximum atomic E-state index is 14.1. The Labute approximate surface area is 220 Å². The Morgan fingerprint density at radius 1 is 1.14 bits per heavy atom. The molecule has 1 fully saturated rings. The number of carboxylic acids is 1. The zero-order valence-electron chi connectivity index (χ0n) is 19.6. The van der Waals surface area contributed by atoms with Gasteiger partial charge in [0, 0.05) is 50.6 Å². The number of pyridine rings is 2. The molecule has 0 unspecified atom stereocenters. The van der Waals surface area contributed by atoms with Crippen molar-refractivity contribution >= 4 is 33.4 Å². The number of piperazine rings is 1. The quantitative estimate of drug-likeness (QED) is 0.357. The molecule has 188 valence electrons. The predicted molar refractivity (Wildman–Crippen MR) is 137 cm³/mol. The molecule has 0 spiro atoms. The van der Waals surface area contributed by atoms with Crippen molar-refractivity contribution in [1.82, 2.24) is 19.3 Å². The first-order valence-corrected chi connectivity index (χ1v) is 12.4. The molecular weight excluding hydrogens is 543 g/mol. The van der Waals surface area contributed by atoms with Crippen molar-refractivity contribution in [2.24, 2.45) is 0 Å². The van der Waals surface area contributed by atoms with Crippen LogP contribution in [0.4, 0.5) is 10.2 Å². The topological polar surface area (TPSA) is 107 Å². The number of benzene rings is 1. The van der Waals surface area contributed by atoms with E-state index < -0.39 is 11.8 Å². The molecule has 9 nitrogen and oxygen atoms in total. The van der Waals surface area contributed by atoms with E-state index in [-0.39, 0.29) is 17.7 Å². The minimum absolute atomic E-state index is 0.0175. The number of carbonyl (C=O) groups is 1. The normalized spacial score (nSPS) is 14.0. The SMILES string of the molecule is N#Cc1ccc(COc2cccc(N3CCN(Cc4nc5ccc(C(=O)O)cn5c4Br)CC3)n2)c(F)c1. The fraction of sp³-hybridized carbons (Fsp3) is 0.231. The van der Waals surface area contributed by atoms with E-state index >= 15 is 0 Å². The number of fused-ring (bicyclic) bond motifs is 1. The third kappa shape index (κ3) is 5.40. The van der Waals surface area contributed by atoms with Gasteiger partial charge in [-0.25, -0.2) is 14.2 Å². The van der Waals surface area contributed by atoms with Gasteiger partial charge in [-0.2, -0.15) is 10.2 Å². The molecule has 0 bridgehead atoms. The average Bonchev–Trinajstić information content (AvgIpc) is 3.22. The van der Waals surface area contributed by atoms with Crippen molar-refractivity contribution in [2.75, 3.05) is 31.1 Å². The fourth-order valence-electron chi connectivity index (χ4n) is 4.18. The van der Waals surface area contributed by atoms with Crippen LogP contribution in [0.3, 0.4) is 0 Å². The molecule has 11 heteroatoms. The summed E-state index contributed by atoms with van der Waals surface area (Å²) in [7, 11) is 0. The van der Waals surface area contributed by atoms with Gasteiger partial charge in [0.1, 0.15) is 28.5 Å². The summed E-state index contributed by atoms with van der Waals surface area (Å²) >= 11 is 3.57. The number of nitriles is 1. The Bertz CT molecular complexity index is 1510. The molecule has 1 aliphatic rings. The second-order valence-corrected chi connectivity index (χ2v) is 9.36. The molecular formula is C26H22BrFN6O3. The Morgan fingerprint density at radius 3 is 2.68 bits per heavy atom. The number of imidazole rings is 1. The third-order valence-electron chi connectivity index (χ3n) is 6.21. The maximum absolute atomic E-state index is 14.1. The summed E-state index contributed by atoms with van der Waals surface area (Å²) < 4.78 is 22.4. The predicted octanol–water partition coefficient (Wildman–Crippen LogP) is 4.10. The number of aromatic nitrogens is 3. The van der Waals surface area contributed by atoms with Crippen molar-refractivity contribution in [3.05, 3.63) is 87.5 Å². The molecule has 4 heterocycles. The molecule has 1 saturated heterocycles. The van der Waals surface area contributed by atoms with E-state index in [1.807, 2.05) is 18.2 Å². The monoisotopic (exact) mass is 564 g/mol. The highest BCUT2D eigenvalue weighted by Crippen LogP contribution is 2.24. The van der Waals surface area contributed by atoms with Crippen LogP contribution in [0.5, 0.6) is 5.88 Å². The Hall–Kier alpha value is -4.01. The summed E-state index contributed by atoms with van der Waals surface area (Å²) in [4.78, 5) is 25.0. The molecule has 1 aromatic carbocycles. The van der Waals surface area contributed by atoms with Gasteiger partial charge >= 0.3 is 5.97 Å². The molecule has 1 N–H and O–H groups in total. The van der Waals surface area contributed by atoms with Crippen LogP contribution in [-0.4, -0.2) is 56.5 Å². The van der Waals surface area contributed by atoms with Gasteiger partial charge in [-0.3, -0.25) is 9.30 Å². The average molecular weight is 565 g/mol. The Morgan fingerprint density at radius 2 is 1.95 bits per heavy atom. The second-order valence-electron chi connectivity index (χ2n) is 8.60. The van der Waals surface area contributed by atoms with Crippen molar-refractivity contribution in [3.63, 3.8) is 0 Å². The standard InChI is InChI=1S/C26H22BrFN6O3/c27-25-21(30-23-7-6-18(26(35)36)14-34(23)25)15-32-8-10-33(11-9-32)22-2-1-3-24(31-22)37-16-19-5-4-17(13-29)12-20(19)28/h1-7,12,14H,8-11,15-16H2,(H,35,36). The minimum Gasteiger partial charge on any atom is -0.478 e. The van der Waals surface area contributed by atoms with E-state index in [0.717, 1.165) is 42.3 Å². The number of hydrogen-bond donors (Lipinski definition) is 1. The molecule has 0 aliphatic carbocycles. The van der Waals surface area contributed by atoms with Gasteiger partial charge in [0.25, 0.3) is 0 Å². The summed E-state index contributed by atoms with van der Waals surface area (Å²) in [6.45, 7) is 3.76. The molecule has 3 aromatic heterocycles. The van der Waals surface area contributed by atoms with Crippen LogP contribution in [0.2, 0.25) is 0 Å². The van der Waals surface area contributed by atoms with Crippen LogP contribution in [0, 0.1) is 17.1 Å². The van der Waals surface area contributed by atoms with Crippen LogP contribution in [0.25, 0.3) is 5.65 Å². The van der Waals surface area contributed by atoms with Crippen molar-refractivity contribution in [3.8, 4) is 11.9 Å². The second kappa shape index (κ2) is 10.5. The Kier molecular flexibility index (Phi) is 7.03. The van der Waals surface area contributed by atoms with Gasteiger partial charge in [0.15, 0.2) is 0 Å². The minimum atomic E-state index is -0.982. The summed E-state index contributed by atoms with van der Waals surface area (Å²) in [5.74, 6) is -0.277. The van der Waals surface area contributed by atoms with Crippen LogP contribution in [0.15, 0.2) is 59.3 Å². The number of anilines is 1. The number of halogens is 2. The number of hydrogen-bond acceptors (Lipinski definition) is 7. The van der Waals surface area contributed by atoms with Gasteiger partial charge in [-0.05, 0) is 46.3 Å². The third-order valence-corrected chi connectivity index (χ3v) is 7.05. The van der Waals surface area contributed by atoms with Crippen molar-refractivity contribution in [1.29, 1.82) is 5.26 Å². The van der Waals surface area contributed by atoms with Gasteiger partial charge in [-0.15, -0.1) is 0 Å². The van der Waals surface area contributed by atoms with E-state index in [1.54, 1.807) is 40.9 Å². The van der Waals surface area contributed by atoms with Crippen molar-refractivity contribution < 1.29 is 19.0 Å². The van der Waals surface area contributed by atoms with Gasteiger partial charge in [0.05, 0.1) is 22.9 Å². The van der Waals surface area contributed by atoms with E-state index in [2.05, 4.69) is 35.7 Å². The van der Waals surface area contributed by atoms with Gasteiger partial charge < -0.3 is 14.7 Å². The highest BCUT2D eigenvalue weighted by molar-refractivity contribution is 9.10. The molecule has 0 radical (unpaired) electrons. The van der Waals surface area contributed by atoms with Crippen molar-refractivity contribution in [2.45, 2.75) is 13.2 Å². The summed E-state index contributed by atoms with van der Waals surface area (Å²) in [6, 6.07) is 15.0. The van der Waals surface area contributed by atoms with E-state index in [4.69, 9.17) is 10.00 Å². The van der Waals surface area contributed by atoms with Gasteiger partial charge in [-0.1, -0.05) is 12.1 Å². The van der Waals surface area contributed by atoms with E-state index in [1.165, 1.54) is 6.07 Å². The lowest BCUT2D eigenvalue weighted by Crippen LogP contribution is -2.46. The number of carboxylic acid groups (broad SMARTS) is 1. The molecule has 5 rings (SSSR count). The number of rotatable bonds is 7. The molecule has 1 aliphatic heterocycles. The highest BCUT2D eigenvalue weighted by atomic mass is 79.9. The summed E-state index contributed by atoms with van der Waals surface area (Å²) in [5, 5.41) is 18.1. The van der Waals surface area contributed by atoms with Crippen LogP contribution in [-0.2, 0) is 13.2 Å². The first kappa shape index (κ1) is 24.7. The lowest BCUT2D eigenvalue weighted by molar-refractivity contribution is 0.0696. The van der Waals surface area contributed by atoms with Crippen LogP contribution >= 0.6 is 15.9 Å². The first-order chi connectivity index (χ1) is 17.9. The first-order valence-electron chi connectivity index (χ1n) is 11.6. The highest BCUT2D eigenvalue weighted by Gasteiger charge is 2.21. The number of aromatic carboxylic acids is 1. The maximum Gasteiger partial charge on any atom is 0.337 e. The summed E-state index contributed by atoms with van der Waals surface area (Å²) in [6.07, 6.45) is 1.56. The van der Waals surface area contributed by atoms with E-state index in [9.17, 15) is 14.3 Å². The zero-order chi connectivity index (χ0) is 25.9. The van der Waals surface area contributed by atoms with Gasteiger partial charge in [0.2, 0.25) is 5.88 Å². The largest absolute Gasteiger partial charge is 0.478 e. The number of ether oxygens (including phenoxy) is 1. The van der Waals surface area contributed by atoms with Crippen LogP contribution in [0.1, 0.15) is 27.2 Å². The lowest BCUT2D eigenvalue weighted by atomic mass is 10.1.